The molecule has 0 spiro atoms. The number of hydrogen-bond donors (Lipinski definition) is 0. The summed E-state index contributed by atoms with van der Waals surface area (Å²) in [5, 5.41) is 0. The van der Waals surface area contributed by atoms with E-state index >= 15 is 0 Å². The first-order valence-corrected chi connectivity index (χ1v) is 12.0. The monoisotopic (exact) mass is 464 g/mol. The summed E-state index contributed by atoms with van der Waals surface area (Å²) in [6.45, 7) is 3.95. The standard InChI is InChI=1S/C28H32O6/c1-3-15-27(24(30)32-19-21-11-6-4-7-12-21)16-10-17-28(18-23(29)34-26(27,28)2)25(31)33-20-22-13-8-5-9-14-22/h4-9,11-14H,3,10,15-20H2,1-2H3/t26-,27?,28?/m0/s1. The molecule has 4 rings (SSSR count). The minimum Gasteiger partial charge on any atom is -0.460 e. The fourth-order valence-electron chi connectivity index (χ4n) is 5.87. The van der Waals surface area contributed by atoms with Gasteiger partial charge in [-0.15, -0.1) is 0 Å². The van der Waals surface area contributed by atoms with Gasteiger partial charge in [-0.05, 0) is 37.3 Å². The summed E-state index contributed by atoms with van der Waals surface area (Å²) in [5.74, 6) is -1.38. The lowest BCUT2D eigenvalue weighted by Gasteiger charge is -2.53. The SMILES string of the molecule is CCCC1(C(=O)OCc2ccccc2)CCCC2(C(=O)OCc3ccccc3)CC(=O)O[C@@]12C. The molecular weight excluding hydrogens is 432 g/mol. The predicted octanol–water partition coefficient (Wildman–Crippen LogP) is 5.14. The zero-order chi connectivity index (χ0) is 24.2. The van der Waals surface area contributed by atoms with Crippen LogP contribution in [0.2, 0.25) is 0 Å². The molecule has 1 saturated heterocycles. The molecule has 6 heteroatoms. The largest absolute Gasteiger partial charge is 0.460 e. The number of rotatable bonds is 8. The second kappa shape index (κ2) is 9.61. The van der Waals surface area contributed by atoms with Crippen LogP contribution in [0.4, 0.5) is 0 Å². The Balaban J connectivity index is 1.64. The summed E-state index contributed by atoms with van der Waals surface area (Å²) in [6.07, 6.45) is 2.58. The molecule has 1 saturated carbocycles. The summed E-state index contributed by atoms with van der Waals surface area (Å²) >= 11 is 0. The van der Waals surface area contributed by atoms with E-state index in [1.54, 1.807) is 6.92 Å². The van der Waals surface area contributed by atoms with Crippen molar-refractivity contribution in [1.29, 1.82) is 0 Å². The normalized spacial score (nSPS) is 28.0. The van der Waals surface area contributed by atoms with Crippen molar-refractivity contribution in [1.82, 2.24) is 0 Å². The maximum Gasteiger partial charge on any atom is 0.317 e. The Morgan fingerprint density at radius 1 is 0.882 bits per heavy atom. The molecule has 0 aromatic heterocycles. The number of benzene rings is 2. The van der Waals surface area contributed by atoms with Crippen molar-refractivity contribution < 1.29 is 28.6 Å². The van der Waals surface area contributed by atoms with Crippen LogP contribution in [-0.2, 0) is 41.8 Å². The molecule has 2 aromatic rings. The van der Waals surface area contributed by atoms with Gasteiger partial charge in [0, 0.05) is 0 Å². The molecule has 3 atom stereocenters. The number of ether oxygens (including phenoxy) is 3. The maximum absolute atomic E-state index is 13.7. The van der Waals surface area contributed by atoms with E-state index in [4.69, 9.17) is 14.2 Å². The van der Waals surface area contributed by atoms with E-state index in [0.717, 1.165) is 11.1 Å². The van der Waals surface area contributed by atoms with Crippen LogP contribution in [0, 0.1) is 10.8 Å². The van der Waals surface area contributed by atoms with Crippen LogP contribution < -0.4 is 0 Å². The number of carbonyl (C=O) groups excluding carboxylic acids is 3. The third kappa shape index (κ3) is 3.99. The number of esters is 3. The van der Waals surface area contributed by atoms with Gasteiger partial charge in [0.1, 0.15) is 29.6 Å². The summed E-state index contributed by atoms with van der Waals surface area (Å²) in [6, 6.07) is 18.9. The maximum atomic E-state index is 13.7. The van der Waals surface area contributed by atoms with E-state index in [9.17, 15) is 14.4 Å². The molecule has 2 aliphatic rings. The van der Waals surface area contributed by atoms with Crippen molar-refractivity contribution in [2.24, 2.45) is 10.8 Å². The van der Waals surface area contributed by atoms with E-state index in [-0.39, 0.29) is 19.6 Å². The lowest BCUT2D eigenvalue weighted by atomic mass is 9.50. The van der Waals surface area contributed by atoms with Gasteiger partial charge in [0.25, 0.3) is 0 Å². The van der Waals surface area contributed by atoms with Crippen molar-refractivity contribution in [3.63, 3.8) is 0 Å². The van der Waals surface area contributed by atoms with Crippen LogP contribution in [0.15, 0.2) is 60.7 Å². The minimum absolute atomic E-state index is 0.0887. The summed E-state index contributed by atoms with van der Waals surface area (Å²) in [5.41, 5.74) is -1.95. The van der Waals surface area contributed by atoms with Gasteiger partial charge in [-0.3, -0.25) is 14.4 Å². The molecule has 180 valence electrons. The first-order chi connectivity index (χ1) is 16.4. The highest BCUT2D eigenvalue weighted by molar-refractivity contribution is 5.92. The van der Waals surface area contributed by atoms with E-state index in [2.05, 4.69) is 0 Å². The van der Waals surface area contributed by atoms with E-state index in [0.29, 0.717) is 32.1 Å². The zero-order valence-electron chi connectivity index (χ0n) is 19.9. The summed E-state index contributed by atoms with van der Waals surface area (Å²) < 4.78 is 17.5. The quantitative estimate of drug-likeness (QED) is 0.398. The highest BCUT2D eigenvalue weighted by Gasteiger charge is 2.75. The van der Waals surface area contributed by atoms with E-state index in [1.807, 2.05) is 67.6 Å². The fourth-order valence-corrected chi connectivity index (χ4v) is 5.87. The van der Waals surface area contributed by atoms with Gasteiger partial charge in [-0.1, -0.05) is 80.4 Å². The summed E-state index contributed by atoms with van der Waals surface area (Å²) in [4.78, 5) is 40.0. The lowest BCUT2D eigenvalue weighted by Crippen LogP contribution is -2.64. The first kappa shape index (κ1) is 24.0. The molecule has 0 radical (unpaired) electrons. The van der Waals surface area contributed by atoms with Crippen LogP contribution in [-0.4, -0.2) is 23.5 Å². The van der Waals surface area contributed by atoms with Crippen LogP contribution in [0.25, 0.3) is 0 Å². The second-order valence-electron chi connectivity index (χ2n) is 9.58. The van der Waals surface area contributed by atoms with E-state index in [1.165, 1.54) is 0 Å². The smallest absolute Gasteiger partial charge is 0.317 e. The Labute approximate surface area is 200 Å². The zero-order valence-corrected chi connectivity index (χ0v) is 19.9. The molecule has 1 heterocycles. The Morgan fingerprint density at radius 3 is 2.00 bits per heavy atom. The van der Waals surface area contributed by atoms with Crippen LogP contribution in [0.5, 0.6) is 0 Å². The minimum atomic E-state index is -1.34. The Bertz CT molecular complexity index is 1030. The molecule has 0 amide bonds. The molecule has 1 aliphatic carbocycles. The van der Waals surface area contributed by atoms with Gasteiger partial charge in [0.05, 0.1) is 6.42 Å². The first-order valence-electron chi connectivity index (χ1n) is 12.0. The van der Waals surface area contributed by atoms with Crippen LogP contribution in [0.3, 0.4) is 0 Å². The van der Waals surface area contributed by atoms with Gasteiger partial charge in [0.15, 0.2) is 0 Å². The Hall–Kier alpha value is -3.15. The molecule has 2 unspecified atom stereocenters. The molecule has 0 bridgehead atoms. The molecule has 2 aromatic carbocycles. The number of hydrogen-bond acceptors (Lipinski definition) is 6. The lowest BCUT2D eigenvalue weighted by molar-refractivity contribution is -0.215. The molecule has 0 N–H and O–H groups in total. The van der Waals surface area contributed by atoms with Crippen molar-refractivity contribution in [3.05, 3.63) is 71.8 Å². The number of carbonyl (C=O) groups is 3. The molecular formula is C28H32O6. The van der Waals surface area contributed by atoms with Gasteiger partial charge in [-0.2, -0.15) is 0 Å². The average Bonchev–Trinajstić information content (AvgIpc) is 3.14. The topological polar surface area (TPSA) is 78.9 Å². The molecule has 6 nitrogen and oxygen atoms in total. The van der Waals surface area contributed by atoms with Crippen molar-refractivity contribution >= 4 is 17.9 Å². The van der Waals surface area contributed by atoms with Gasteiger partial charge in [0.2, 0.25) is 0 Å². The van der Waals surface area contributed by atoms with Gasteiger partial charge >= 0.3 is 17.9 Å². The van der Waals surface area contributed by atoms with Crippen molar-refractivity contribution in [2.45, 2.75) is 71.2 Å². The van der Waals surface area contributed by atoms with Crippen LogP contribution >= 0.6 is 0 Å². The Kier molecular flexibility index (Phi) is 6.78. The number of fused-ring (bicyclic) bond motifs is 1. The second-order valence-corrected chi connectivity index (χ2v) is 9.58. The van der Waals surface area contributed by atoms with Gasteiger partial charge in [-0.25, -0.2) is 0 Å². The average molecular weight is 465 g/mol. The summed E-state index contributed by atoms with van der Waals surface area (Å²) in [7, 11) is 0. The van der Waals surface area contributed by atoms with Crippen molar-refractivity contribution in [2.75, 3.05) is 0 Å². The molecule has 34 heavy (non-hydrogen) atoms. The van der Waals surface area contributed by atoms with E-state index < -0.39 is 34.3 Å². The van der Waals surface area contributed by atoms with Gasteiger partial charge < -0.3 is 14.2 Å². The molecule has 2 fully saturated rings. The molecule has 1 aliphatic heterocycles. The van der Waals surface area contributed by atoms with Crippen molar-refractivity contribution in [3.8, 4) is 0 Å². The fraction of sp³-hybridized carbons (Fsp3) is 0.464. The third-order valence-electron chi connectivity index (χ3n) is 7.68. The predicted molar refractivity (Wildman–Crippen MR) is 125 cm³/mol. The Morgan fingerprint density at radius 2 is 1.44 bits per heavy atom. The third-order valence-corrected chi connectivity index (χ3v) is 7.68. The van der Waals surface area contributed by atoms with Crippen LogP contribution in [0.1, 0.15) is 63.5 Å². The highest BCUT2D eigenvalue weighted by atomic mass is 16.6. The highest BCUT2D eigenvalue weighted by Crippen LogP contribution is 2.63.